The van der Waals surface area contributed by atoms with Gasteiger partial charge < -0.3 is 15.4 Å². The second kappa shape index (κ2) is 7.51. The van der Waals surface area contributed by atoms with Crippen LogP contribution in [0.4, 0.5) is 4.39 Å². The number of carbonyl (C=O) groups is 1. The number of aliphatic hydroxyl groups is 1. The Morgan fingerprint density at radius 1 is 1.16 bits per heavy atom. The molecule has 1 heterocycles. The molecule has 6 heteroatoms. The maximum absolute atomic E-state index is 14.0. The number of rotatable bonds is 5. The minimum Gasteiger partial charge on any atom is -0.387 e. The number of hydrogen-bond donors (Lipinski definition) is 3. The molecule has 0 bridgehead atoms. The molecule has 3 aromatic rings. The smallest absolute Gasteiger partial charge is 0.253 e. The zero-order valence-corrected chi connectivity index (χ0v) is 13.9. The van der Waals surface area contributed by atoms with Gasteiger partial charge in [-0.1, -0.05) is 41.9 Å². The molecule has 3 rings (SSSR count). The van der Waals surface area contributed by atoms with Crippen LogP contribution in [0.15, 0.2) is 60.9 Å². The summed E-state index contributed by atoms with van der Waals surface area (Å²) in [5.41, 5.74) is 1.72. The molecule has 3 N–H and O–H groups in total. The third-order valence-corrected chi connectivity index (χ3v) is 4.08. The van der Waals surface area contributed by atoms with Crippen molar-refractivity contribution in [2.45, 2.75) is 6.10 Å². The monoisotopic (exact) mass is 358 g/mol. The van der Waals surface area contributed by atoms with Gasteiger partial charge in [-0.2, -0.15) is 0 Å². The largest absolute Gasteiger partial charge is 0.387 e. The van der Waals surface area contributed by atoms with Gasteiger partial charge in [0, 0.05) is 35.1 Å². The molecule has 0 radical (unpaired) electrons. The molecule has 128 valence electrons. The van der Waals surface area contributed by atoms with E-state index in [0.29, 0.717) is 27.3 Å². The summed E-state index contributed by atoms with van der Waals surface area (Å²) in [6.07, 6.45) is 2.18. The molecule has 1 amide bonds. The van der Waals surface area contributed by atoms with E-state index < -0.39 is 17.8 Å². The standard InChI is InChI=1S/C19H16ClFN2O2/c20-13-5-3-4-12(8-13)18(24)11-23-19(25)16-10-22-9-15(16)14-6-1-2-7-17(14)21/h1-10,18,22,24H,11H2,(H,23,25). The normalized spacial score (nSPS) is 12.0. The Morgan fingerprint density at radius 3 is 2.72 bits per heavy atom. The SMILES string of the molecule is O=C(NCC(O)c1cccc(Cl)c1)c1c[nH]cc1-c1ccccc1F. The van der Waals surface area contributed by atoms with Gasteiger partial charge in [-0.3, -0.25) is 4.79 Å². The van der Waals surface area contributed by atoms with Gasteiger partial charge in [-0.25, -0.2) is 4.39 Å². The van der Waals surface area contributed by atoms with Gasteiger partial charge in [-0.05, 0) is 23.8 Å². The van der Waals surface area contributed by atoms with E-state index in [1.165, 1.54) is 12.3 Å². The van der Waals surface area contributed by atoms with Crippen LogP contribution in [0.2, 0.25) is 5.02 Å². The first kappa shape index (κ1) is 17.2. The van der Waals surface area contributed by atoms with Gasteiger partial charge in [-0.15, -0.1) is 0 Å². The van der Waals surface area contributed by atoms with Crippen LogP contribution >= 0.6 is 11.6 Å². The molecule has 0 saturated carbocycles. The van der Waals surface area contributed by atoms with Crippen molar-refractivity contribution in [3.05, 3.63) is 82.9 Å². The van der Waals surface area contributed by atoms with Crippen molar-refractivity contribution >= 4 is 17.5 Å². The molecule has 0 aliphatic heterocycles. The van der Waals surface area contributed by atoms with Crippen LogP contribution in [0.3, 0.4) is 0 Å². The second-order valence-corrected chi connectivity index (χ2v) is 5.98. The van der Waals surface area contributed by atoms with E-state index in [1.807, 2.05) is 0 Å². The van der Waals surface area contributed by atoms with Crippen molar-refractivity contribution in [3.63, 3.8) is 0 Å². The summed E-state index contributed by atoms with van der Waals surface area (Å²) >= 11 is 5.90. The average molecular weight is 359 g/mol. The molecule has 0 aliphatic carbocycles. The van der Waals surface area contributed by atoms with Crippen molar-refractivity contribution in [3.8, 4) is 11.1 Å². The van der Waals surface area contributed by atoms with Crippen LogP contribution in [-0.2, 0) is 0 Å². The third kappa shape index (κ3) is 3.90. The first-order valence-electron chi connectivity index (χ1n) is 7.69. The first-order valence-corrected chi connectivity index (χ1v) is 8.07. The average Bonchev–Trinajstić information content (AvgIpc) is 3.09. The number of aliphatic hydroxyl groups excluding tert-OH is 1. The molecule has 1 atom stereocenters. The Bertz CT molecular complexity index is 894. The Balaban J connectivity index is 1.73. The summed E-state index contributed by atoms with van der Waals surface area (Å²) in [4.78, 5) is 15.2. The molecule has 0 aliphatic rings. The zero-order chi connectivity index (χ0) is 17.8. The number of amides is 1. The van der Waals surface area contributed by atoms with Gasteiger partial charge in [0.2, 0.25) is 0 Å². The van der Waals surface area contributed by atoms with Crippen molar-refractivity contribution in [1.82, 2.24) is 10.3 Å². The first-order chi connectivity index (χ1) is 12.1. The summed E-state index contributed by atoms with van der Waals surface area (Å²) in [6, 6.07) is 13.0. The highest BCUT2D eigenvalue weighted by Gasteiger charge is 2.17. The number of benzene rings is 2. The fourth-order valence-electron chi connectivity index (χ4n) is 2.57. The Morgan fingerprint density at radius 2 is 1.96 bits per heavy atom. The molecular formula is C19H16ClFN2O2. The van der Waals surface area contributed by atoms with Crippen LogP contribution in [-0.4, -0.2) is 22.5 Å². The summed E-state index contributed by atoms with van der Waals surface area (Å²) in [6.45, 7) is 0.0149. The minimum atomic E-state index is -0.890. The van der Waals surface area contributed by atoms with E-state index >= 15 is 0 Å². The van der Waals surface area contributed by atoms with Crippen LogP contribution < -0.4 is 5.32 Å². The molecule has 0 fully saturated rings. The van der Waals surface area contributed by atoms with E-state index in [2.05, 4.69) is 10.3 Å². The number of carbonyl (C=O) groups excluding carboxylic acids is 1. The zero-order valence-electron chi connectivity index (χ0n) is 13.2. The van der Waals surface area contributed by atoms with E-state index in [9.17, 15) is 14.3 Å². The van der Waals surface area contributed by atoms with Gasteiger partial charge in [0.25, 0.3) is 5.91 Å². The minimum absolute atomic E-state index is 0.0149. The van der Waals surface area contributed by atoms with Crippen LogP contribution in [0.25, 0.3) is 11.1 Å². The number of aromatic nitrogens is 1. The lowest BCUT2D eigenvalue weighted by Gasteiger charge is -2.13. The van der Waals surface area contributed by atoms with Gasteiger partial charge in [0.1, 0.15) is 5.82 Å². The number of aromatic amines is 1. The van der Waals surface area contributed by atoms with E-state index in [-0.39, 0.29) is 6.54 Å². The van der Waals surface area contributed by atoms with Crippen molar-refractivity contribution in [1.29, 1.82) is 0 Å². The fourth-order valence-corrected chi connectivity index (χ4v) is 2.77. The van der Waals surface area contributed by atoms with Gasteiger partial charge >= 0.3 is 0 Å². The van der Waals surface area contributed by atoms with Crippen molar-refractivity contribution in [2.75, 3.05) is 6.54 Å². The quantitative estimate of drug-likeness (QED) is 0.647. The molecule has 25 heavy (non-hydrogen) atoms. The van der Waals surface area contributed by atoms with Crippen molar-refractivity contribution < 1.29 is 14.3 Å². The lowest BCUT2D eigenvalue weighted by Crippen LogP contribution is -2.28. The van der Waals surface area contributed by atoms with Gasteiger partial charge in [0.15, 0.2) is 0 Å². The maximum Gasteiger partial charge on any atom is 0.253 e. The summed E-state index contributed by atoms with van der Waals surface area (Å²) in [5.74, 6) is -0.810. The number of H-pyrrole nitrogens is 1. The highest BCUT2D eigenvalue weighted by atomic mass is 35.5. The highest BCUT2D eigenvalue weighted by molar-refractivity contribution is 6.30. The third-order valence-electron chi connectivity index (χ3n) is 3.84. The van der Waals surface area contributed by atoms with Crippen LogP contribution in [0, 0.1) is 5.82 Å². The summed E-state index contributed by atoms with van der Waals surface area (Å²) < 4.78 is 14.0. The summed E-state index contributed by atoms with van der Waals surface area (Å²) in [7, 11) is 0. The number of nitrogens with one attached hydrogen (secondary N) is 2. The van der Waals surface area contributed by atoms with E-state index in [1.54, 1.807) is 48.7 Å². The molecule has 4 nitrogen and oxygen atoms in total. The molecule has 1 aromatic heterocycles. The highest BCUT2D eigenvalue weighted by Crippen LogP contribution is 2.26. The van der Waals surface area contributed by atoms with E-state index in [4.69, 9.17) is 11.6 Å². The van der Waals surface area contributed by atoms with E-state index in [0.717, 1.165) is 0 Å². The Hall–Kier alpha value is -2.63. The van der Waals surface area contributed by atoms with Crippen molar-refractivity contribution in [2.24, 2.45) is 0 Å². The Labute approximate surface area is 149 Å². The molecule has 1 unspecified atom stereocenters. The Kier molecular flexibility index (Phi) is 5.16. The topological polar surface area (TPSA) is 65.1 Å². The van der Waals surface area contributed by atoms with Gasteiger partial charge in [0.05, 0.1) is 11.7 Å². The summed E-state index contributed by atoms with van der Waals surface area (Å²) in [5, 5.41) is 13.3. The van der Waals surface area contributed by atoms with Crippen LogP contribution in [0.1, 0.15) is 22.0 Å². The molecule has 0 spiro atoms. The van der Waals surface area contributed by atoms with Crippen LogP contribution in [0.5, 0.6) is 0 Å². The maximum atomic E-state index is 14.0. The lowest BCUT2D eigenvalue weighted by molar-refractivity contribution is 0.0917. The predicted octanol–water partition coefficient (Wildman–Crippen LogP) is 3.94. The molecule has 2 aromatic carbocycles. The molecular weight excluding hydrogens is 343 g/mol. The molecule has 0 saturated heterocycles. The lowest BCUT2D eigenvalue weighted by atomic mass is 10.0. The predicted molar refractivity (Wildman–Crippen MR) is 94.9 cm³/mol. The number of halogens is 2. The number of hydrogen-bond acceptors (Lipinski definition) is 2. The fraction of sp³-hybridized carbons (Fsp3) is 0.105. The second-order valence-electron chi connectivity index (χ2n) is 5.54.